The molecule has 0 aliphatic rings. The van der Waals surface area contributed by atoms with Crippen molar-refractivity contribution >= 4 is 17.2 Å². The molecule has 0 atom stereocenters. The van der Waals surface area contributed by atoms with Gasteiger partial charge in [0.2, 0.25) is 5.91 Å². The van der Waals surface area contributed by atoms with Crippen LogP contribution >= 0.6 is 11.3 Å². The number of aromatic nitrogens is 3. The highest BCUT2D eigenvalue weighted by Crippen LogP contribution is 2.21. The monoisotopic (exact) mass is 328 g/mol. The van der Waals surface area contributed by atoms with E-state index in [1.807, 2.05) is 23.6 Å². The molecule has 6 nitrogen and oxygen atoms in total. The fraction of sp³-hybridized carbons (Fsp3) is 0.250. The van der Waals surface area contributed by atoms with Crippen LogP contribution in [0.5, 0.6) is 0 Å². The fourth-order valence-electron chi connectivity index (χ4n) is 2.09. The normalized spacial score (nSPS) is 10.7. The van der Waals surface area contributed by atoms with Crippen LogP contribution in [0.3, 0.4) is 0 Å². The molecule has 7 heteroatoms. The molecule has 118 valence electrons. The molecule has 3 aromatic heterocycles. The lowest BCUT2D eigenvalue weighted by Gasteiger charge is -2.01. The van der Waals surface area contributed by atoms with E-state index in [4.69, 9.17) is 4.52 Å². The van der Waals surface area contributed by atoms with Gasteiger partial charge >= 0.3 is 0 Å². The summed E-state index contributed by atoms with van der Waals surface area (Å²) in [4.78, 5) is 20.6. The number of pyridine rings is 1. The SMILES string of the molecule is Cc1cc(CC(=O)NCCc2csc(-c3ccccn3)n2)no1. The van der Waals surface area contributed by atoms with Crippen LogP contribution in [0.25, 0.3) is 10.7 Å². The first kappa shape index (κ1) is 15.4. The molecule has 0 radical (unpaired) electrons. The molecule has 0 aliphatic carbocycles. The standard InChI is InChI=1S/C16H16N4O2S/c1-11-8-13(20-22-11)9-15(21)18-7-5-12-10-23-16(19-12)14-4-2-3-6-17-14/h2-4,6,8,10H,5,7,9H2,1H3,(H,18,21). The molecule has 3 aromatic rings. The summed E-state index contributed by atoms with van der Waals surface area (Å²) in [5, 5.41) is 9.56. The van der Waals surface area contributed by atoms with E-state index < -0.39 is 0 Å². The summed E-state index contributed by atoms with van der Waals surface area (Å²) in [5.41, 5.74) is 2.47. The Morgan fingerprint density at radius 1 is 1.35 bits per heavy atom. The zero-order valence-electron chi connectivity index (χ0n) is 12.7. The average molecular weight is 328 g/mol. The Labute approximate surface area is 137 Å². The Hall–Kier alpha value is -2.54. The molecule has 3 heterocycles. The molecule has 0 saturated heterocycles. The number of rotatable bonds is 6. The van der Waals surface area contributed by atoms with Crippen LogP contribution in [0.15, 0.2) is 40.4 Å². The molecule has 23 heavy (non-hydrogen) atoms. The summed E-state index contributed by atoms with van der Waals surface area (Å²) in [5.74, 6) is 0.635. The maximum atomic E-state index is 11.8. The second-order valence-corrected chi connectivity index (χ2v) is 5.92. The van der Waals surface area contributed by atoms with Crippen LogP contribution < -0.4 is 5.32 Å². The molecule has 0 bridgehead atoms. The van der Waals surface area contributed by atoms with E-state index in [0.717, 1.165) is 16.4 Å². The summed E-state index contributed by atoms with van der Waals surface area (Å²) >= 11 is 1.56. The second kappa shape index (κ2) is 7.15. The number of amides is 1. The number of nitrogens with zero attached hydrogens (tertiary/aromatic N) is 3. The molecule has 3 rings (SSSR count). The van der Waals surface area contributed by atoms with Crippen molar-refractivity contribution in [1.82, 2.24) is 20.4 Å². The Morgan fingerprint density at radius 3 is 3.00 bits per heavy atom. The van der Waals surface area contributed by atoms with Crippen LogP contribution in [0, 0.1) is 6.92 Å². The van der Waals surface area contributed by atoms with Gasteiger partial charge in [0.05, 0.1) is 23.5 Å². The number of hydrogen-bond donors (Lipinski definition) is 1. The molecule has 0 fully saturated rings. The first-order valence-electron chi connectivity index (χ1n) is 7.25. The lowest BCUT2D eigenvalue weighted by molar-refractivity contribution is -0.120. The molecular weight excluding hydrogens is 312 g/mol. The van der Waals surface area contributed by atoms with Gasteiger partial charge in [-0.1, -0.05) is 11.2 Å². The third-order valence-electron chi connectivity index (χ3n) is 3.16. The van der Waals surface area contributed by atoms with Crippen molar-refractivity contribution in [3.8, 4) is 10.7 Å². The number of thiazole rings is 1. The lowest BCUT2D eigenvalue weighted by Crippen LogP contribution is -2.27. The topological polar surface area (TPSA) is 80.9 Å². The Balaban J connectivity index is 1.47. The summed E-state index contributed by atoms with van der Waals surface area (Å²) in [7, 11) is 0. The molecule has 0 spiro atoms. The highest BCUT2D eigenvalue weighted by Gasteiger charge is 2.08. The predicted molar refractivity (Wildman–Crippen MR) is 87.0 cm³/mol. The van der Waals surface area contributed by atoms with Gasteiger partial charge in [-0.15, -0.1) is 11.3 Å². The molecule has 0 unspecified atom stereocenters. The van der Waals surface area contributed by atoms with Crippen molar-refractivity contribution in [2.45, 2.75) is 19.8 Å². The maximum Gasteiger partial charge on any atom is 0.226 e. The van der Waals surface area contributed by atoms with Crippen molar-refractivity contribution in [2.75, 3.05) is 6.54 Å². The van der Waals surface area contributed by atoms with E-state index in [1.165, 1.54) is 0 Å². The number of carbonyl (C=O) groups excluding carboxylic acids is 1. The highest BCUT2D eigenvalue weighted by molar-refractivity contribution is 7.13. The first-order chi connectivity index (χ1) is 11.2. The van der Waals surface area contributed by atoms with Crippen molar-refractivity contribution < 1.29 is 9.32 Å². The number of hydrogen-bond acceptors (Lipinski definition) is 6. The lowest BCUT2D eigenvalue weighted by atomic mass is 10.2. The average Bonchev–Trinajstić information content (AvgIpc) is 3.17. The Bertz CT molecular complexity index is 782. The van der Waals surface area contributed by atoms with Crippen LogP contribution in [0.4, 0.5) is 0 Å². The largest absolute Gasteiger partial charge is 0.361 e. The van der Waals surface area contributed by atoms with Gasteiger partial charge in [-0.3, -0.25) is 9.78 Å². The van der Waals surface area contributed by atoms with E-state index >= 15 is 0 Å². The van der Waals surface area contributed by atoms with E-state index in [2.05, 4.69) is 20.4 Å². The molecule has 1 amide bonds. The van der Waals surface area contributed by atoms with E-state index in [-0.39, 0.29) is 12.3 Å². The zero-order valence-corrected chi connectivity index (χ0v) is 13.5. The molecule has 1 N–H and O–H groups in total. The van der Waals surface area contributed by atoms with Gasteiger partial charge < -0.3 is 9.84 Å². The fourth-order valence-corrected chi connectivity index (χ4v) is 2.92. The van der Waals surface area contributed by atoms with Gasteiger partial charge in [0.25, 0.3) is 0 Å². The van der Waals surface area contributed by atoms with Gasteiger partial charge in [0, 0.05) is 30.6 Å². The number of carbonyl (C=O) groups is 1. The molecule has 0 aliphatic heterocycles. The van der Waals surface area contributed by atoms with Gasteiger partial charge in [0.15, 0.2) is 0 Å². The minimum Gasteiger partial charge on any atom is -0.361 e. The molecular formula is C16H16N4O2S. The minimum absolute atomic E-state index is 0.0709. The van der Waals surface area contributed by atoms with E-state index in [9.17, 15) is 4.79 Å². The van der Waals surface area contributed by atoms with Crippen molar-refractivity contribution in [3.05, 3.63) is 53.0 Å². The van der Waals surface area contributed by atoms with Gasteiger partial charge in [-0.2, -0.15) is 0 Å². The highest BCUT2D eigenvalue weighted by atomic mass is 32.1. The van der Waals surface area contributed by atoms with Crippen molar-refractivity contribution in [2.24, 2.45) is 0 Å². The third kappa shape index (κ3) is 4.23. The van der Waals surface area contributed by atoms with E-state index in [1.54, 1.807) is 30.5 Å². The summed E-state index contributed by atoms with van der Waals surface area (Å²) in [6, 6.07) is 7.52. The smallest absolute Gasteiger partial charge is 0.226 e. The van der Waals surface area contributed by atoms with Gasteiger partial charge in [-0.05, 0) is 19.1 Å². The number of aryl methyl sites for hydroxylation is 1. The van der Waals surface area contributed by atoms with Crippen molar-refractivity contribution in [1.29, 1.82) is 0 Å². The van der Waals surface area contributed by atoms with Crippen LogP contribution in [-0.4, -0.2) is 27.6 Å². The first-order valence-corrected chi connectivity index (χ1v) is 8.13. The summed E-state index contributed by atoms with van der Waals surface area (Å²) in [6.07, 6.45) is 2.67. The van der Waals surface area contributed by atoms with Gasteiger partial charge in [-0.25, -0.2) is 4.98 Å². The number of nitrogens with one attached hydrogen (secondary N) is 1. The Morgan fingerprint density at radius 2 is 2.26 bits per heavy atom. The summed E-state index contributed by atoms with van der Waals surface area (Å²) in [6.45, 7) is 2.34. The van der Waals surface area contributed by atoms with Crippen LogP contribution in [0.2, 0.25) is 0 Å². The molecule has 0 aromatic carbocycles. The van der Waals surface area contributed by atoms with Crippen molar-refractivity contribution in [3.63, 3.8) is 0 Å². The van der Waals surface area contributed by atoms with E-state index in [0.29, 0.717) is 24.4 Å². The van der Waals surface area contributed by atoms with Gasteiger partial charge in [0.1, 0.15) is 10.8 Å². The second-order valence-electron chi connectivity index (χ2n) is 5.06. The zero-order chi connectivity index (χ0) is 16.1. The summed E-state index contributed by atoms with van der Waals surface area (Å²) < 4.78 is 4.94. The quantitative estimate of drug-likeness (QED) is 0.751. The molecule has 0 saturated carbocycles. The predicted octanol–water partition coefficient (Wildman–Crippen LogP) is 2.40. The Kier molecular flexibility index (Phi) is 4.77. The maximum absolute atomic E-state index is 11.8. The minimum atomic E-state index is -0.0709. The van der Waals surface area contributed by atoms with Crippen LogP contribution in [0.1, 0.15) is 17.1 Å². The van der Waals surface area contributed by atoms with Crippen LogP contribution in [-0.2, 0) is 17.6 Å². The third-order valence-corrected chi connectivity index (χ3v) is 4.07.